The summed E-state index contributed by atoms with van der Waals surface area (Å²) in [5.74, 6) is 0. The second-order valence-electron chi connectivity index (χ2n) is 3.87. The molecule has 130 valence electrons. The van der Waals surface area contributed by atoms with E-state index in [1.165, 1.54) is 0 Å². The number of aliphatic hydroxyl groups is 4. The van der Waals surface area contributed by atoms with Gasteiger partial charge < -0.3 is 49.9 Å². The first-order valence-electron chi connectivity index (χ1n) is 6.14. The molecule has 0 aliphatic heterocycles. The summed E-state index contributed by atoms with van der Waals surface area (Å²) in [5, 5.41) is 33.3. The van der Waals surface area contributed by atoms with E-state index >= 15 is 0 Å². The van der Waals surface area contributed by atoms with E-state index in [0.717, 1.165) is 0 Å². The lowest BCUT2D eigenvalue weighted by Gasteiger charge is -2.20. The molecule has 0 aliphatic carbocycles. The molecule has 0 amide bonds. The van der Waals surface area contributed by atoms with Crippen molar-refractivity contribution >= 4 is 8.60 Å². The molecule has 0 aromatic rings. The van der Waals surface area contributed by atoms with Gasteiger partial charge in [-0.15, -0.1) is 0 Å². The van der Waals surface area contributed by atoms with E-state index in [1.54, 1.807) is 0 Å². The van der Waals surface area contributed by atoms with Crippen molar-refractivity contribution in [2.24, 2.45) is 5.73 Å². The SMILES string of the molecule is NC(CO)(CO)CO.OCCOCCOCCOP(O)O. The van der Waals surface area contributed by atoms with Gasteiger partial charge in [0.15, 0.2) is 0 Å². The van der Waals surface area contributed by atoms with Crippen LogP contribution in [0, 0.1) is 0 Å². The Morgan fingerprint density at radius 1 is 0.762 bits per heavy atom. The average molecular weight is 335 g/mol. The number of aliphatic hydroxyl groups excluding tert-OH is 4. The zero-order valence-corrected chi connectivity index (χ0v) is 12.7. The maximum atomic E-state index is 8.34. The van der Waals surface area contributed by atoms with Gasteiger partial charge in [-0.2, -0.15) is 0 Å². The van der Waals surface area contributed by atoms with Gasteiger partial charge in [-0.3, -0.25) is 0 Å². The van der Waals surface area contributed by atoms with Gasteiger partial charge in [0.1, 0.15) is 0 Å². The molecule has 11 heteroatoms. The van der Waals surface area contributed by atoms with Crippen molar-refractivity contribution in [3.8, 4) is 0 Å². The van der Waals surface area contributed by atoms with Crippen LogP contribution >= 0.6 is 8.60 Å². The maximum absolute atomic E-state index is 8.34. The number of nitrogens with two attached hydrogens (primary N) is 1. The molecule has 10 nitrogen and oxygen atoms in total. The summed E-state index contributed by atoms with van der Waals surface area (Å²) < 4.78 is 14.3. The molecule has 0 heterocycles. The van der Waals surface area contributed by atoms with Crippen LogP contribution < -0.4 is 5.73 Å². The van der Waals surface area contributed by atoms with Gasteiger partial charge in [-0.05, 0) is 0 Å². The molecule has 0 spiro atoms. The Kier molecular flexibility index (Phi) is 18.2. The van der Waals surface area contributed by atoms with Crippen molar-refractivity contribution in [3.63, 3.8) is 0 Å². The zero-order valence-electron chi connectivity index (χ0n) is 11.8. The Morgan fingerprint density at radius 2 is 1.19 bits per heavy atom. The average Bonchev–Trinajstić information content (AvgIpc) is 2.49. The molecule has 8 N–H and O–H groups in total. The lowest BCUT2D eigenvalue weighted by atomic mass is 10.1. The van der Waals surface area contributed by atoms with E-state index in [2.05, 4.69) is 4.52 Å². The highest BCUT2D eigenvalue weighted by Crippen LogP contribution is 2.23. The quantitative estimate of drug-likeness (QED) is 0.143. The molecule has 0 unspecified atom stereocenters. The highest BCUT2D eigenvalue weighted by atomic mass is 31.2. The molecule has 0 radical (unpaired) electrons. The van der Waals surface area contributed by atoms with Gasteiger partial charge in [0.05, 0.1) is 65.0 Å². The van der Waals surface area contributed by atoms with E-state index in [-0.39, 0.29) is 13.2 Å². The first kappa shape index (κ1) is 23.3. The zero-order chi connectivity index (χ0) is 16.6. The highest BCUT2D eigenvalue weighted by molar-refractivity contribution is 7.39. The second kappa shape index (κ2) is 16.4. The second-order valence-corrected chi connectivity index (χ2v) is 4.63. The monoisotopic (exact) mass is 335 g/mol. The Balaban J connectivity index is 0. The van der Waals surface area contributed by atoms with Crippen molar-refractivity contribution in [1.29, 1.82) is 0 Å². The fraction of sp³-hybridized carbons (Fsp3) is 1.00. The third-order valence-corrected chi connectivity index (χ3v) is 2.40. The minimum absolute atomic E-state index is 0.00241. The summed E-state index contributed by atoms with van der Waals surface area (Å²) in [4.78, 5) is 16.6. The van der Waals surface area contributed by atoms with Gasteiger partial charge in [0.2, 0.25) is 0 Å². The Morgan fingerprint density at radius 3 is 1.52 bits per heavy atom. The van der Waals surface area contributed by atoms with Gasteiger partial charge in [-0.1, -0.05) is 0 Å². The summed E-state index contributed by atoms with van der Waals surface area (Å²) in [6.07, 6.45) is 0. The van der Waals surface area contributed by atoms with Gasteiger partial charge in [0.25, 0.3) is 0 Å². The highest BCUT2D eigenvalue weighted by Gasteiger charge is 2.20. The number of rotatable bonds is 12. The molecule has 0 aromatic heterocycles. The van der Waals surface area contributed by atoms with E-state index in [0.29, 0.717) is 26.4 Å². The summed E-state index contributed by atoms with van der Waals surface area (Å²) >= 11 is 0. The van der Waals surface area contributed by atoms with Crippen LogP contribution in [0.2, 0.25) is 0 Å². The molecule has 0 aromatic carbocycles. The molecule has 21 heavy (non-hydrogen) atoms. The van der Waals surface area contributed by atoms with Crippen LogP contribution in [0.4, 0.5) is 0 Å². The van der Waals surface area contributed by atoms with E-state index in [9.17, 15) is 0 Å². The van der Waals surface area contributed by atoms with E-state index in [1.807, 2.05) is 0 Å². The molecule has 0 bridgehead atoms. The van der Waals surface area contributed by atoms with Crippen LogP contribution in [0.1, 0.15) is 0 Å². The smallest absolute Gasteiger partial charge is 0.327 e. The van der Waals surface area contributed by atoms with Gasteiger partial charge in [0, 0.05) is 0 Å². The topological polar surface area (TPSA) is 175 Å². The fourth-order valence-electron chi connectivity index (χ4n) is 0.714. The molecule has 0 fully saturated rings. The molecular weight excluding hydrogens is 309 g/mol. The van der Waals surface area contributed by atoms with Crippen LogP contribution in [-0.2, 0) is 14.0 Å². The van der Waals surface area contributed by atoms with Gasteiger partial charge >= 0.3 is 8.60 Å². The minimum Gasteiger partial charge on any atom is -0.394 e. The summed E-state index contributed by atoms with van der Waals surface area (Å²) in [6, 6.07) is 0. The number of ether oxygens (including phenoxy) is 2. The largest absolute Gasteiger partial charge is 0.394 e. The van der Waals surface area contributed by atoms with E-state index in [4.69, 9.17) is 45.4 Å². The van der Waals surface area contributed by atoms with Crippen molar-refractivity contribution in [2.75, 3.05) is 59.5 Å². The third kappa shape index (κ3) is 18.0. The van der Waals surface area contributed by atoms with Crippen LogP contribution in [0.3, 0.4) is 0 Å². The van der Waals surface area contributed by atoms with Crippen LogP contribution in [-0.4, -0.2) is 95.2 Å². The van der Waals surface area contributed by atoms with Crippen LogP contribution in [0.25, 0.3) is 0 Å². The Bertz CT molecular complexity index is 199. The summed E-state index contributed by atoms with van der Waals surface area (Å²) in [7, 11) is -2.28. The van der Waals surface area contributed by atoms with Crippen molar-refractivity contribution in [1.82, 2.24) is 0 Å². The summed E-state index contributed by atoms with van der Waals surface area (Å²) in [5.41, 5.74) is 3.94. The predicted octanol–water partition coefficient (Wildman–Crippen LogP) is -3.10. The standard InChI is InChI=1S/C6H15O6P.C4H11NO3/c7-1-2-10-3-4-11-5-6-12-13(8)9;5-4(1-6,2-7)3-8/h7-9H,1-6H2;6-8H,1-3,5H2. The lowest BCUT2D eigenvalue weighted by molar-refractivity contribution is 0.0236. The first-order valence-corrected chi connectivity index (χ1v) is 7.31. The number of hydrogen-bond acceptors (Lipinski definition) is 10. The number of hydrogen-bond donors (Lipinski definition) is 7. The first-order chi connectivity index (χ1) is 9.95. The molecule has 0 rings (SSSR count). The Hall–Kier alpha value is 0.0300. The predicted molar refractivity (Wildman–Crippen MR) is 74.2 cm³/mol. The minimum atomic E-state index is -2.28. The summed E-state index contributed by atoms with van der Waals surface area (Å²) in [6.45, 7) is 0.355. The Labute approximate surface area is 124 Å². The van der Waals surface area contributed by atoms with Crippen molar-refractivity contribution in [2.45, 2.75) is 5.54 Å². The lowest BCUT2D eigenvalue weighted by Crippen LogP contribution is -2.50. The molecule has 0 saturated heterocycles. The molecule has 0 atom stereocenters. The van der Waals surface area contributed by atoms with Crippen molar-refractivity contribution in [3.05, 3.63) is 0 Å². The van der Waals surface area contributed by atoms with Crippen LogP contribution in [0.5, 0.6) is 0 Å². The fourth-order valence-corrected chi connectivity index (χ4v) is 0.952. The van der Waals surface area contributed by atoms with Crippen LogP contribution in [0.15, 0.2) is 0 Å². The van der Waals surface area contributed by atoms with Gasteiger partial charge in [-0.25, -0.2) is 0 Å². The molecule has 0 aliphatic rings. The molecule has 0 saturated carbocycles. The third-order valence-electron chi connectivity index (χ3n) is 1.99. The maximum Gasteiger partial charge on any atom is 0.327 e. The van der Waals surface area contributed by atoms with E-state index < -0.39 is 34.0 Å². The normalized spacial score (nSPS) is 11.4. The molecular formula is C10H26NO9P. The van der Waals surface area contributed by atoms with Crippen molar-refractivity contribution < 1.29 is 44.2 Å².